The molecule has 0 saturated carbocycles. The zero-order chi connectivity index (χ0) is 10.0. The summed E-state index contributed by atoms with van der Waals surface area (Å²) >= 11 is 6.18. The molecule has 1 aromatic rings. The van der Waals surface area contributed by atoms with Crippen LogP contribution in [-0.2, 0) is 5.33 Å². The summed E-state index contributed by atoms with van der Waals surface area (Å²) in [5.74, 6) is 0.105. The van der Waals surface area contributed by atoms with Crippen LogP contribution < -0.4 is 5.73 Å². The van der Waals surface area contributed by atoms with Gasteiger partial charge in [-0.15, -0.1) is 0 Å². The number of hydrogen-bond donors (Lipinski definition) is 1. The molecule has 0 aliphatic carbocycles. The molecule has 1 heterocycles. The molecular weight excluding hydrogens is 310 g/mol. The minimum atomic E-state index is -2.54. The van der Waals surface area contributed by atoms with Crippen molar-refractivity contribution in [3.8, 4) is 0 Å². The van der Waals surface area contributed by atoms with Crippen LogP contribution in [0, 0.1) is 0 Å². The molecule has 0 aromatic carbocycles. The van der Waals surface area contributed by atoms with Crippen molar-refractivity contribution in [3.05, 3.63) is 21.8 Å². The highest BCUT2D eigenvalue weighted by Gasteiger charge is 2.15. The number of anilines is 1. The maximum atomic E-state index is 12.4. The molecule has 72 valence electrons. The lowest BCUT2D eigenvalue weighted by Gasteiger charge is -2.07. The van der Waals surface area contributed by atoms with E-state index >= 15 is 0 Å². The average Bonchev–Trinajstić information content (AvgIpc) is 2.08. The lowest BCUT2D eigenvalue weighted by Crippen LogP contribution is -1.99. The molecule has 0 amide bonds. The van der Waals surface area contributed by atoms with Crippen molar-refractivity contribution < 1.29 is 8.78 Å². The summed E-state index contributed by atoms with van der Waals surface area (Å²) in [6.45, 7) is 0. The van der Waals surface area contributed by atoms with E-state index in [1.807, 2.05) is 0 Å². The van der Waals surface area contributed by atoms with Gasteiger partial charge in [-0.05, 0) is 22.0 Å². The number of halogens is 4. The summed E-state index contributed by atoms with van der Waals surface area (Å²) in [7, 11) is 0. The number of rotatable bonds is 2. The molecule has 0 atom stereocenters. The Morgan fingerprint density at radius 1 is 1.54 bits per heavy atom. The van der Waals surface area contributed by atoms with E-state index in [9.17, 15) is 8.78 Å². The number of nitrogen functional groups attached to an aromatic ring is 1. The van der Waals surface area contributed by atoms with Gasteiger partial charge in [-0.3, -0.25) is 0 Å². The minimum absolute atomic E-state index is 0.105. The van der Waals surface area contributed by atoms with Gasteiger partial charge in [-0.25, -0.2) is 13.8 Å². The second-order valence-corrected chi connectivity index (χ2v) is 3.69. The number of nitrogens with zero attached hydrogens (tertiary/aromatic N) is 1. The Bertz CT molecular complexity index is 318. The van der Waals surface area contributed by atoms with Gasteiger partial charge in [-0.2, -0.15) is 0 Å². The van der Waals surface area contributed by atoms with Gasteiger partial charge >= 0.3 is 0 Å². The zero-order valence-corrected chi connectivity index (χ0v) is 9.57. The predicted octanol–water partition coefficient (Wildman–Crippen LogP) is 3.26. The number of nitrogens with two attached hydrogens (primary N) is 1. The van der Waals surface area contributed by atoms with Gasteiger partial charge in [0.1, 0.15) is 5.82 Å². The molecule has 2 N–H and O–H groups in total. The molecule has 0 unspecified atom stereocenters. The fourth-order valence-corrected chi connectivity index (χ4v) is 2.17. The van der Waals surface area contributed by atoms with Gasteiger partial charge in [0.2, 0.25) is 0 Å². The summed E-state index contributed by atoms with van der Waals surface area (Å²) in [5.41, 5.74) is 5.71. The quantitative estimate of drug-likeness (QED) is 0.851. The number of hydrogen-bond acceptors (Lipinski definition) is 2. The normalized spacial score (nSPS) is 10.8. The van der Waals surface area contributed by atoms with Crippen LogP contribution in [0.15, 0.2) is 10.5 Å². The second-order valence-electron chi connectivity index (χ2n) is 2.33. The van der Waals surface area contributed by atoms with E-state index in [2.05, 4.69) is 36.8 Å². The summed E-state index contributed by atoms with van der Waals surface area (Å²) in [6.07, 6.45) is -2.54. The van der Waals surface area contributed by atoms with E-state index in [1.54, 1.807) is 0 Å². The Hall–Kier alpha value is -0.230. The van der Waals surface area contributed by atoms with Crippen LogP contribution in [0.5, 0.6) is 0 Å². The van der Waals surface area contributed by atoms with Crippen LogP contribution in [0.4, 0.5) is 14.6 Å². The van der Waals surface area contributed by atoms with E-state index < -0.39 is 6.43 Å². The summed E-state index contributed by atoms with van der Waals surface area (Å²) < 4.78 is 25.1. The largest absolute Gasteiger partial charge is 0.384 e. The second kappa shape index (κ2) is 4.32. The third-order valence-corrected chi connectivity index (χ3v) is 2.88. The van der Waals surface area contributed by atoms with Crippen LogP contribution in [0.25, 0.3) is 0 Å². The molecule has 2 nitrogen and oxygen atoms in total. The van der Waals surface area contributed by atoms with E-state index in [0.717, 1.165) is 0 Å². The van der Waals surface area contributed by atoms with Gasteiger partial charge in [0.15, 0.2) is 0 Å². The van der Waals surface area contributed by atoms with E-state index in [4.69, 9.17) is 5.73 Å². The SMILES string of the molecule is Nc1cc(C(F)F)c(Br)c(CBr)n1. The Morgan fingerprint density at radius 3 is 2.62 bits per heavy atom. The van der Waals surface area contributed by atoms with Gasteiger partial charge < -0.3 is 5.73 Å². The molecule has 0 radical (unpaired) electrons. The smallest absolute Gasteiger partial charge is 0.265 e. The van der Waals surface area contributed by atoms with E-state index in [1.165, 1.54) is 6.07 Å². The molecule has 1 rings (SSSR count). The van der Waals surface area contributed by atoms with Crippen molar-refractivity contribution in [1.82, 2.24) is 4.98 Å². The van der Waals surface area contributed by atoms with Crippen LogP contribution in [0.2, 0.25) is 0 Å². The molecule has 0 saturated heterocycles. The van der Waals surface area contributed by atoms with Crippen LogP contribution in [0.1, 0.15) is 17.7 Å². The van der Waals surface area contributed by atoms with Gasteiger partial charge in [0, 0.05) is 15.4 Å². The van der Waals surface area contributed by atoms with Crippen molar-refractivity contribution in [2.24, 2.45) is 0 Å². The topological polar surface area (TPSA) is 38.9 Å². The number of aromatic nitrogens is 1. The first kappa shape index (κ1) is 10.8. The highest BCUT2D eigenvalue weighted by atomic mass is 79.9. The standard InChI is InChI=1S/C7H6Br2F2N2/c8-2-4-6(9)3(7(10)11)1-5(12)13-4/h1,7H,2H2,(H2,12,13). The summed E-state index contributed by atoms with van der Waals surface area (Å²) in [4.78, 5) is 3.88. The van der Waals surface area contributed by atoms with Crippen LogP contribution in [-0.4, -0.2) is 4.98 Å². The molecule has 6 heteroatoms. The lowest BCUT2D eigenvalue weighted by atomic mass is 10.2. The Morgan fingerprint density at radius 2 is 2.15 bits per heavy atom. The zero-order valence-electron chi connectivity index (χ0n) is 6.40. The minimum Gasteiger partial charge on any atom is -0.384 e. The maximum absolute atomic E-state index is 12.4. The molecule has 0 bridgehead atoms. The predicted molar refractivity (Wildman–Crippen MR) is 53.9 cm³/mol. The molecule has 0 spiro atoms. The molecule has 0 fully saturated rings. The maximum Gasteiger partial charge on any atom is 0.265 e. The highest BCUT2D eigenvalue weighted by Crippen LogP contribution is 2.31. The lowest BCUT2D eigenvalue weighted by molar-refractivity contribution is 0.150. The van der Waals surface area contributed by atoms with Crippen molar-refractivity contribution in [3.63, 3.8) is 0 Å². The average molecular weight is 316 g/mol. The Labute approximate surface area is 90.8 Å². The third-order valence-electron chi connectivity index (χ3n) is 1.44. The molecular formula is C7H6Br2F2N2. The van der Waals surface area contributed by atoms with Crippen molar-refractivity contribution >= 4 is 37.7 Å². The fourth-order valence-electron chi connectivity index (χ4n) is 0.874. The fraction of sp³-hybridized carbons (Fsp3) is 0.286. The van der Waals surface area contributed by atoms with E-state index in [0.29, 0.717) is 15.5 Å². The molecule has 1 aromatic heterocycles. The first-order valence-corrected chi connectivity index (χ1v) is 5.26. The van der Waals surface area contributed by atoms with Crippen molar-refractivity contribution in [2.45, 2.75) is 11.8 Å². The Kier molecular flexibility index (Phi) is 3.61. The van der Waals surface area contributed by atoms with Crippen LogP contribution in [0.3, 0.4) is 0 Å². The van der Waals surface area contributed by atoms with Gasteiger partial charge in [-0.1, -0.05) is 15.9 Å². The highest BCUT2D eigenvalue weighted by molar-refractivity contribution is 9.10. The number of alkyl halides is 3. The first-order chi connectivity index (χ1) is 6.06. The molecule has 13 heavy (non-hydrogen) atoms. The van der Waals surface area contributed by atoms with E-state index in [-0.39, 0.29) is 11.4 Å². The monoisotopic (exact) mass is 314 g/mol. The molecule has 0 aliphatic heterocycles. The van der Waals surface area contributed by atoms with Crippen LogP contribution >= 0.6 is 31.9 Å². The summed E-state index contributed by atoms with van der Waals surface area (Å²) in [6, 6.07) is 1.17. The van der Waals surface area contributed by atoms with Crippen molar-refractivity contribution in [2.75, 3.05) is 5.73 Å². The third kappa shape index (κ3) is 2.37. The van der Waals surface area contributed by atoms with Gasteiger partial charge in [0.25, 0.3) is 6.43 Å². The van der Waals surface area contributed by atoms with Crippen molar-refractivity contribution in [1.29, 1.82) is 0 Å². The summed E-state index contributed by atoms with van der Waals surface area (Å²) in [5, 5.41) is 0.387. The number of pyridine rings is 1. The van der Waals surface area contributed by atoms with Gasteiger partial charge in [0.05, 0.1) is 5.69 Å². The Balaban J connectivity index is 3.27. The first-order valence-electron chi connectivity index (χ1n) is 3.35. The molecule has 0 aliphatic rings.